The Morgan fingerprint density at radius 1 is 0.667 bits per heavy atom. The van der Waals surface area contributed by atoms with Gasteiger partial charge in [-0.15, -0.1) is 0 Å². The van der Waals surface area contributed by atoms with Gasteiger partial charge in [-0.2, -0.15) is 0 Å². The van der Waals surface area contributed by atoms with Crippen LogP contribution < -0.4 is 5.32 Å². The third-order valence-electron chi connectivity index (χ3n) is 5.23. The Morgan fingerprint density at radius 2 is 1.13 bits per heavy atom. The Morgan fingerprint density at radius 3 is 1.57 bits per heavy atom. The number of rotatable bonds is 7. The second-order valence-electron chi connectivity index (χ2n) is 7.24. The van der Waals surface area contributed by atoms with Crippen molar-refractivity contribution in [2.45, 2.75) is 12.0 Å². The summed E-state index contributed by atoms with van der Waals surface area (Å²) < 4.78 is 0. The van der Waals surface area contributed by atoms with Crippen molar-refractivity contribution >= 4 is 11.7 Å². The lowest BCUT2D eigenvalue weighted by atomic mass is 9.76. The lowest BCUT2D eigenvalue weighted by Crippen LogP contribution is -2.38. The van der Waals surface area contributed by atoms with Gasteiger partial charge in [0, 0.05) is 5.69 Å². The minimum absolute atomic E-state index is 0.00939. The zero-order valence-corrected chi connectivity index (χ0v) is 16.5. The molecule has 4 aromatic carbocycles. The first-order valence-electron chi connectivity index (χ1n) is 9.94. The van der Waals surface area contributed by atoms with Gasteiger partial charge in [0.05, 0.1) is 6.42 Å². The molecule has 4 rings (SSSR count). The molecule has 0 aromatic heterocycles. The lowest BCUT2D eigenvalue weighted by molar-refractivity contribution is -0.136. The van der Waals surface area contributed by atoms with Gasteiger partial charge in [-0.3, -0.25) is 4.79 Å². The van der Waals surface area contributed by atoms with E-state index in [1.165, 1.54) is 0 Å². The molecular weight excluding hydrogens is 370 g/mol. The molecule has 0 unspecified atom stereocenters. The van der Waals surface area contributed by atoms with Crippen molar-refractivity contribution in [2.75, 3.05) is 5.32 Å². The molecule has 3 nitrogen and oxygen atoms in total. The van der Waals surface area contributed by atoms with Gasteiger partial charge in [0.2, 0.25) is 0 Å². The highest BCUT2D eigenvalue weighted by Gasteiger charge is 2.36. The number of nitrogens with one attached hydrogen (secondary N) is 1. The van der Waals surface area contributed by atoms with Gasteiger partial charge in [-0.1, -0.05) is 103 Å². The summed E-state index contributed by atoms with van der Waals surface area (Å²) in [7, 11) is 0. The van der Waals surface area contributed by atoms with Crippen LogP contribution in [-0.4, -0.2) is 11.1 Å². The maximum atomic E-state index is 11.2. The summed E-state index contributed by atoms with van der Waals surface area (Å²) in [6, 6.07) is 38.6. The van der Waals surface area contributed by atoms with Crippen LogP contribution in [0.1, 0.15) is 22.3 Å². The second-order valence-corrected chi connectivity index (χ2v) is 7.24. The molecule has 0 fully saturated rings. The number of carboxylic acids is 1. The predicted molar refractivity (Wildman–Crippen MR) is 121 cm³/mol. The van der Waals surface area contributed by atoms with Crippen molar-refractivity contribution in [2.24, 2.45) is 0 Å². The number of anilines is 1. The van der Waals surface area contributed by atoms with Crippen LogP contribution in [0.4, 0.5) is 5.69 Å². The molecule has 148 valence electrons. The summed E-state index contributed by atoms with van der Waals surface area (Å²) in [6.07, 6.45) is -0.00939. The van der Waals surface area contributed by atoms with Crippen molar-refractivity contribution in [3.05, 3.63) is 138 Å². The van der Waals surface area contributed by atoms with Crippen LogP contribution in [0.3, 0.4) is 0 Å². The SMILES string of the molecule is O=C(O)Cc1cccc(NC(c2ccccc2)(c2ccccc2)c2ccccc2)c1. The molecular formula is C27H23NO2. The molecule has 0 aliphatic carbocycles. The van der Waals surface area contributed by atoms with Gasteiger partial charge < -0.3 is 10.4 Å². The zero-order chi connectivity index (χ0) is 20.8. The average molecular weight is 393 g/mol. The summed E-state index contributed by atoms with van der Waals surface area (Å²) in [5, 5.41) is 13.0. The monoisotopic (exact) mass is 393 g/mol. The minimum Gasteiger partial charge on any atom is -0.481 e. The average Bonchev–Trinajstić information content (AvgIpc) is 2.79. The Hall–Kier alpha value is -3.85. The van der Waals surface area contributed by atoms with E-state index in [9.17, 15) is 9.90 Å². The van der Waals surface area contributed by atoms with E-state index >= 15 is 0 Å². The molecule has 0 aliphatic heterocycles. The van der Waals surface area contributed by atoms with Crippen molar-refractivity contribution < 1.29 is 9.90 Å². The fourth-order valence-corrected chi connectivity index (χ4v) is 3.93. The largest absolute Gasteiger partial charge is 0.481 e. The molecule has 2 N–H and O–H groups in total. The number of benzene rings is 4. The molecule has 0 heterocycles. The lowest BCUT2D eigenvalue weighted by Gasteiger charge is -2.38. The van der Waals surface area contributed by atoms with Crippen LogP contribution in [0.5, 0.6) is 0 Å². The minimum atomic E-state index is -0.840. The molecule has 0 aliphatic rings. The topological polar surface area (TPSA) is 49.3 Å². The van der Waals surface area contributed by atoms with Gasteiger partial charge in [0.1, 0.15) is 5.54 Å². The van der Waals surface area contributed by atoms with Crippen LogP contribution in [0, 0.1) is 0 Å². The first-order valence-corrected chi connectivity index (χ1v) is 9.94. The number of aliphatic carboxylic acids is 1. The predicted octanol–water partition coefficient (Wildman–Crippen LogP) is 5.72. The van der Waals surface area contributed by atoms with Crippen LogP contribution in [0.2, 0.25) is 0 Å². The summed E-state index contributed by atoms with van der Waals surface area (Å²) in [6.45, 7) is 0. The van der Waals surface area contributed by atoms with Crippen LogP contribution in [0.25, 0.3) is 0 Å². The molecule has 3 heteroatoms. The van der Waals surface area contributed by atoms with Gasteiger partial charge in [0.15, 0.2) is 0 Å². The fraction of sp³-hybridized carbons (Fsp3) is 0.0741. The number of hydrogen-bond donors (Lipinski definition) is 2. The molecule has 0 amide bonds. The van der Waals surface area contributed by atoms with Crippen molar-refractivity contribution in [3.63, 3.8) is 0 Å². The third kappa shape index (κ3) is 3.96. The van der Waals surface area contributed by atoms with E-state index in [0.29, 0.717) is 0 Å². The van der Waals surface area contributed by atoms with E-state index in [1.54, 1.807) is 0 Å². The highest BCUT2D eigenvalue weighted by atomic mass is 16.4. The summed E-state index contributed by atoms with van der Waals surface area (Å²) in [5.41, 5.74) is 4.30. The molecule has 0 spiro atoms. The fourth-order valence-electron chi connectivity index (χ4n) is 3.93. The van der Waals surface area contributed by atoms with E-state index < -0.39 is 11.5 Å². The van der Waals surface area contributed by atoms with E-state index in [4.69, 9.17) is 0 Å². The van der Waals surface area contributed by atoms with E-state index in [1.807, 2.05) is 78.9 Å². The molecule has 0 saturated heterocycles. The Kier molecular flexibility index (Phi) is 5.62. The highest BCUT2D eigenvalue weighted by molar-refractivity contribution is 5.71. The molecule has 4 aromatic rings. The molecule has 0 saturated carbocycles. The van der Waals surface area contributed by atoms with Crippen molar-refractivity contribution in [1.82, 2.24) is 0 Å². The van der Waals surface area contributed by atoms with Gasteiger partial charge in [-0.05, 0) is 34.4 Å². The second kappa shape index (κ2) is 8.66. The molecule has 30 heavy (non-hydrogen) atoms. The summed E-state index contributed by atoms with van der Waals surface area (Å²) >= 11 is 0. The normalized spacial score (nSPS) is 11.1. The highest BCUT2D eigenvalue weighted by Crippen LogP contribution is 2.40. The zero-order valence-electron chi connectivity index (χ0n) is 16.5. The van der Waals surface area contributed by atoms with E-state index in [2.05, 4.69) is 41.7 Å². The van der Waals surface area contributed by atoms with Gasteiger partial charge >= 0.3 is 5.97 Å². The molecule has 0 bridgehead atoms. The van der Waals surface area contributed by atoms with E-state index in [-0.39, 0.29) is 6.42 Å². The van der Waals surface area contributed by atoms with Crippen LogP contribution in [-0.2, 0) is 16.8 Å². The number of carboxylic acid groups (broad SMARTS) is 1. The number of hydrogen-bond acceptors (Lipinski definition) is 2. The Balaban J connectivity index is 1.93. The molecule has 0 radical (unpaired) electrons. The summed E-state index contributed by atoms with van der Waals surface area (Å²) in [5.74, 6) is -0.840. The van der Waals surface area contributed by atoms with Gasteiger partial charge in [-0.25, -0.2) is 0 Å². The summed E-state index contributed by atoms with van der Waals surface area (Å²) in [4.78, 5) is 11.2. The smallest absolute Gasteiger partial charge is 0.307 e. The Bertz CT molecular complexity index is 1010. The standard InChI is InChI=1S/C27H23NO2/c29-26(30)20-21-11-10-18-25(19-21)28-27(22-12-4-1-5-13-22,23-14-6-2-7-15-23)24-16-8-3-9-17-24/h1-19,28H,20H2,(H,29,30). The maximum Gasteiger partial charge on any atom is 0.307 e. The quantitative estimate of drug-likeness (QED) is 0.395. The maximum absolute atomic E-state index is 11.2. The first-order chi connectivity index (χ1) is 14.7. The van der Waals surface area contributed by atoms with Crippen LogP contribution in [0.15, 0.2) is 115 Å². The Labute approximate surface area is 176 Å². The van der Waals surface area contributed by atoms with E-state index in [0.717, 1.165) is 27.9 Å². The van der Waals surface area contributed by atoms with Crippen molar-refractivity contribution in [3.8, 4) is 0 Å². The third-order valence-corrected chi connectivity index (χ3v) is 5.23. The number of carbonyl (C=O) groups is 1. The molecule has 0 atom stereocenters. The van der Waals surface area contributed by atoms with Gasteiger partial charge in [0.25, 0.3) is 0 Å². The van der Waals surface area contributed by atoms with Crippen LogP contribution >= 0.6 is 0 Å². The first kappa shape index (κ1) is 19.5. The van der Waals surface area contributed by atoms with Crippen molar-refractivity contribution in [1.29, 1.82) is 0 Å².